The molecule has 0 spiro atoms. The minimum absolute atomic E-state index is 0.549. The SMILES string of the molecule is CC1CCN(C(C)CNCc2ccccc2OCc2cccnc2)CC1. The lowest BCUT2D eigenvalue weighted by atomic mass is 9.98. The Morgan fingerprint density at radius 3 is 2.77 bits per heavy atom. The molecular weight excluding hydrogens is 322 g/mol. The molecule has 1 N–H and O–H groups in total. The molecule has 140 valence electrons. The van der Waals surface area contributed by atoms with Crippen molar-refractivity contribution in [1.82, 2.24) is 15.2 Å². The third-order valence-electron chi connectivity index (χ3n) is 5.29. The van der Waals surface area contributed by atoms with Crippen molar-refractivity contribution in [2.24, 2.45) is 5.92 Å². The monoisotopic (exact) mass is 353 g/mol. The van der Waals surface area contributed by atoms with Gasteiger partial charge in [0.2, 0.25) is 0 Å². The third kappa shape index (κ3) is 5.55. The minimum Gasteiger partial charge on any atom is -0.489 e. The van der Waals surface area contributed by atoms with Crippen LogP contribution in [-0.2, 0) is 13.2 Å². The molecule has 4 heteroatoms. The number of piperidine rings is 1. The van der Waals surface area contributed by atoms with E-state index in [-0.39, 0.29) is 0 Å². The zero-order valence-corrected chi connectivity index (χ0v) is 16.0. The summed E-state index contributed by atoms with van der Waals surface area (Å²) in [4.78, 5) is 6.75. The maximum Gasteiger partial charge on any atom is 0.124 e. The maximum atomic E-state index is 6.02. The van der Waals surface area contributed by atoms with Crippen LogP contribution in [0.25, 0.3) is 0 Å². The largest absolute Gasteiger partial charge is 0.489 e. The van der Waals surface area contributed by atoms with E-state index in [0.29, 0.717) is 12.6 Å². The van der Waals surface area contributed by atoms with Crippen molar-refractivity contribution in [3.63, 3.8) is 0 Å². The van der Waals surface area contributed by atoms with Gasteiger partial charge in [-0.1, -0.05) is 31.2 Å². The van der Waals surface area contributed by atoms with Gasteiger partial charge in [-0.2, -0.15) is 0 Å². The van der Waals surface area contributed by atoms with Gasteiger partial charge in [0.15, 0.2) is 0 Å². The lowest BCUT2D eigenvalue weighted by Crippen LogP contribution is -2.44. The van der Waals surface area contributed by atoms with Gasteiger partial charge in [-0.3, -0.25) is 9.88 Å². The zero-order chi connectivity index (χ0) is 18.2. The number of benzene rings is 1. The molecule has 1 aliphatic heterocycles. The van der Waals surface area contributed by atoms with E-state index < -0.39 is 0 Å². The van der Waals surface area contributed by atoms with Gasteiger partial charge < -0.3 is 10.1 Å². The molecule has 0 saturated carbocycles. The number of likely N-dealkylation sites (tertiary alicyclic amines) is 1. The number of hydrogen-bond acceptors (Lipinski definition) is 4. The second-order valence-electron chi connectivity index (χ2n) is 7.46. The standard InChI is InChI=1S/C22H31N3O/c1-18-9-12-25(13-10-18)19(2)14-24-16-21-7-3-4-8-22(21)26-17-20-6-5-11-23-15-20/h3-8,11,15,18-19,24H,9-10,12-14,16-17H2,1-2H3. The average Bonchev–Trinajstić information content (AvgIpc) is 2.68. The van der Waals surface area contributed by atoms with Crippen LogP contribution in [0.15, 0.2) is 48.8 Å². The molecule has 1 aromatic carbocycles. The van der Waals surface area contributed by atoms with Crippen LogP contribution in [0.4, 0.5) is 0 Å². The highest BCUT2D eigenvalue weighted by Crippen LogP contribution is 2.20. The Balaban J connectivity index is 1.47. The molecule has 1 fully saturated rings. The highest BCUT2D eigenvalue weighted by molar-refractivity contribution is 5.33. The van der Waals surface area contributed by atoms with E-state index >= 15 is 0 Å². The predicted molar refractivity (Wildman–Crippen MR) is 106 cm³/mol. The van der Waals surface area contributed by atoms with Crippen molar-refractivity contribution < 1.29 is 4.74 Å². The van der Waals surface area contributed by atoms with Crippen LogP contribution in [-0.4, -0.2) is 35.6 Å². The van der Waals surface area contributed by atoms with Crippen LogP contribution in [0, 0.1) is 5.92 Å². The average molecular weight is 354 g/mol. The van der Waals surface area contributed by atoms with E-state index in [9.17, 15) is 0 Å². The molecule has 0 radical (unpaired) electrons. The number of pyridine rings is 1. The quantitative estimate of drug-likeness (QED) is 0.782. The van der Waals surface area contributed by atoms with Gasteiger partial charge in [0, 0.05) is 42.7 Å². The van der Waals surface area contributed by atoms with Gasteiger partial charge in [0.05, 0.1) is 0 Å². The Kier molecular flexibility index (Phi) is 7.04. The van der Waals surface area contributed by atoms with E-state index in [4.69, 9.17) is 4.74 Å². The van der Waals surface area contributed by atoms with Crippen molar-refractivity contribution in [2.45, 2.75) is 45.9 Å². The van der Waals surface area contributed by atoms with Crippen LogP contribution in [0.2, 0.25) is 0 Å². The second-order valence-corrected chi connectivity index (χ2v) is 7.46. The highest BCUT2D eigenvalue weighted by Gasteiger charge is 2.19. The molecule has 3 rings (SSSR count). The number of rotatable bonds is 8. The van der Waals surface area contributed by atoms with Crippen LogP contribution in [0.1, 0.15) is 37.8 Å². The molecule has 1 atom stereocenters. The molecule has 0 aliphatic carbocycles. The van der Waals surface area contributed by atoms with E-state index in [1.807, 2.05) is 30.5 Å². The summed E-state index contributed by atoms with van der Waals surface area (Å²) < 4.78 is 6.02. The van der Waals surface area contributed by atoms with Gasteiger partial charge in [0.1, 0.15) is 12.4 Å². The van der Waals surface area contributed by atoms with Crippen molar-refractivity contribution in [3.8, 4) is 5.75 Å². The summed E-state index contributed by atoms with van der Waals surface area (Å²) in [5.74, 6) is 1.83. The van der Waals surface area contributed by atoms with Crippen molar-refractivity contribution in [1.29, 1.82) is 0 Å². The first kappa shape index (κ1) is 18.9. The minimum atomic E-state index is 0.549. The van der Waals surface area contributed by atoms with Gasteiger partial charge in [-0.05, 0) is 50.9 Å². The Hall–Kier alpha value is -1.91. The lowest BCUT2D eigenvalue weighted by molar-refractivity contribution is 0.144. The van der Waals surface area contributed by atoms with E-state index in [0.717, 1.165) is 30.3 Å². The van der Waals surface area contributed by atoms with Crippen molar-refractivity contribution in [2.75, 3.05) is 19.6 Å². The third-order valence-corrected chi connectivity index (χ3v) is 5.29. The number of nitrogens with one attached hydrogen (secondary N) is 1. The van der Waals surface area contributed by atoms with Crippen LogP contribution >= 0.6 is 0 Å². The van der Waals surface area contributed by atoms with Crippen LogP contribution in [0.5, 0.6) is 5.75 Å². The number of ether oxygens (including phenoxy) is 1. The summed E-state index contributed by atoms with van der Waals surface area (Å²) in [6.45, 7) is 9.54. The Bertz CT molecular complexity index is 653. The van der Waals surface area contributed by atoms with Gasteiger partial charge in [-0.25, -0.2) is 0 Å². The molecule has 0 amide bonds. The summed E-state index contributed by atoms with van der Waals surface area (Å²) in [5.41, 5.74) is 2.29. The van der Waals surface area contributed by atoms with Gasteiger partial charge >= 0.3 is 0 Å². The fourth-order valence-corrected chi connectivity index (χ4v) is 3.45. The molecule has 0 bridgehead atoms. The van der Waals surface area contributed by atoms with E-state index in [1.165, 1.54) is 31.5 Å². The predicted octanol–water partition coefficient (Wildman–Crippen LogP) is 3.87. The summed E-state index contributed by atoms with van der Waals surface area (Å²) in [6, 6.07) is 12.8. The molecule has 2 aromatic rings. The van der Waals surface area contributed by atoms with Crippen LogP contribution < -0.4 is 10.1 Å². The van der Waals surface area contributed by atoms with Crippen LogP contribution in [0.3, 0.4) is 0 Å². The Morgan fingerprint density at radius 2 is 2.00 bits per heavy atom. The zero-order valence-electron chi connectivity index (χ0n) is 16.0. The molecule has 1 aliphatic rings. The Morgan fingerprint density at radius 1 is 1.19 bits per heavy atom. The molecule has 1 aromatic heterocycles. The molecule has 1 saturated heterocycles. The highest BCUT2D eigenvalue weighted by atomic mass is 16.5. The smallest absolute Gasteiger partial charge is 0.124 e. The second kappa shape index (κ2) is 9.70. The molecular formula is C22H31N3O. The lowest BCUT2D eigenvalue weighted by Gasteiger charge is -2.35. The number of aromatic nitrogens is 1. The van der Waals surface area contributed by atoms with E-state index in [2.05, 4.69) is 41.2 Å². The molecule has 1 unspecified atom stereocenters. The molecule has 26 heavy (non-hydrogen) atoms. The Labute approximate surface area is 157 Å². The maximum absolute atomic E-state index is 6.02. The fourth-order valence-electron chi connectivity index (χ4n) is 3.45. The fraction of sp³-hybridized carbons (Fsp3) is 0.500. The van der Waals surface area contributed by atoms with E-state index in [1.54, 1.807) is 6.20 Å². The van der Waals surface area contributed by atoms with Gasteiger partial charge in [0.25, 0.3) is 0 Å². The topological polar surface area (TPSA) is 37.4 Å². The number of nitrogens with zero attached hydrogens (tertiary/aromatic N) is 2. The summed E-state index contributed by atoms with van der Waals surface area (Å²) in [6.07, 6.45) is 6.29. The normalized spacial score (nSPS) is 17.2. The number of para-hydroxylation sites is 1. The van der Waals surface area contributed by atoms with Gasteiger partial charge in [-0.15, -0.1) is 0 Å². The van der Waals surface area contributed by atoms with Crippen molar-refractivity contribution in [3.05, 3.63) is 59.9 Å². The summed E-state index contributed by atoms with van der Waals surface area (Å²) in [7, 11) is 0. The molecule has 4 nitrogen and oxygen atoms in total. The molecule has 2 heterocycles. The van der Waals surface area contributed by atoms with Crippen molar-refractivity contribution >= 4 is 0 Å². The first-order valence-corrected chi connectivity index (χ1v) is 9.76. The summed E-state index contributed by atoms with van der Waals surface area (Å²) >= 11 is 0. The first-order valence-electron chi connectivity index (χ1n) is 9.76. The number of hydrogen-bond donors (Lipinski definition) is 1. The summed E-state index contributed by atoms with van der Waals surface area (Å²) in [5, 5.41) is 3.61. The first-order chi connectivity index (χ1) is 12.7.